The summed E-state index contributed by atoms with van der Waals surface area (Å²) in [4.78, 5) is 22.5. The lowest BCUT2D eigenvalue weighted by Gasteiger charge is -2.14. The van der Waals surface area contributed by atoms with E-state index in [4.69, 9.17) is 9.47 Å². The summed E-state index contributed by atoms with van der Waals surface area (Å²) in [7, 11) is 0. The van der Waals surface area contributed by atoms with E-state index in [0.29, 0.717) is 6.61 Å². The Hall–Kier alpha value is -1.06. The Morgan fingerprint density at radius 3 is 2.25 bits per heavy atom. The summed E-state index contributed by atoms with van der Waals surface area (Å²) in [5, 5.41) is 0. The van der Waals surface area contributed by atoms with Gasteiger partial charge in [-0.15, -0.1) is 0 Å². The molecule has 0 saturated carbocycles. The number of ether oxygens (including phenoxy) is 2. The van der Waals surface area contributed by atoms with Crippen LogP contribution in [0, 0.1) is 0 Å². The van der Waals surface area contributed by atoms with Crippen LogP contribution >= 0.6 is 0 Å². The van der Waals surface area contributed by atoms with E-state index >= 15 is 0 Å². The first kappa shape index (κ1) is 14.9. The van der Waals surface area contributed by atoms with Crippen LogP contribution < -0.4 is 0 Å². The molecular formula is C12H22O4. The standard InChI is InChI=1S/C12H22O4/c1-4-7-10(6-3)16-12(14)9-11(13)15-8-5-2/h10H,4-9H2,1-3H3. The van der Waals surface area contributed by atoms with Crippen LogP contribution in [0.3, 0.4) is 0 Å². The highest BCUT2D eigenvalue weighted by Crippen LogP contribution is 2.07. The number of hydrogen-bond donors (Lipinski definition) is 0. The minimum atomic E-state index is -0.502. The molecule has 0 N–H and O–H groups in total. The van der Waals surface area contributed by atoms with Crippen molar-refractivity contribution in [3.8, 4) is 0 Å². The first-order valence-corrected chi connectivity index (χ1v) is 5.99. The lowest BCUT2D eigenvalue weighted by Crippen LogP contribution is -2.20. The van der Waals surface area contributed by atoms with E-state index in [2.05, 4.69) is 0 Å². The second-order valence-electron chi connectivity index (χ2n) is 3.71. The van der Waals surface area contributed by atoms with Gasteiger partial charge in [-0.3, -0.25) is 9.59 Å². The van der Waals surface area contributed by atoms with Crippen LogP contribution in [0.25, 0.3) is 0 Å². The van der Waals surface area contributed by atoms with Gasteiger partial charge >= 0.3 is 11.9 Å². The maximum atomic E-state index is 11.3. The zero-order chi connectivity index (χ0) is 12.4. The van der Waals surface area contributed by atoms with E-state index in [1.165, 1.54) is 0 Å². The van der Waals surface area contributed by atoms with E-state index in [9.17, 15) is 9.59 Å². The van der Waals surface area contributed by atoms with Crippen molar-refractivity contribution in [1.29, 1.82) is 0 Å². The Bertz CT molecular complexity index is 213. The third kappa shape index (κ3) is 7.26. The van der Waals surface area contributed by atoms with Gasteiger partial charge in [-0.1, -0.05) is 27.2 Å². The lowest BCUT2D eigenvalue weighted by atomic mass is 10.1. The van der Waals surface area contributed by atoms with Gasteiger partial charge in [-0.05, 0) is 19.3 Å². The molecule has 0 aromatic heterocycles. The molecule has 0 aliphatic carbocycles. The van der Waals surface area contributed by atoms with Crippen molar-refractivity contribution < 1.29 is 19.1 Å². The molecule has 0 bridgehead atoms. The molecule has 4 heteroatoms. The van der Waals surface area contributed by atoms with Crippen molar-refractivity contribution in [1.82, 2.24) is 0 Å². The average molecular weight is 230 g/mol. The minimum absolute atomic E-state index is 0.0727. The van der Waals surface area contributed by atoms with Gasteiger partial charge < -0.3 is 9.47 Å². The molecule has 94 valence electrons. The van der Waals surface area contributed by atoms with Crippen LogP contribution in [0.4, 0.5) is 0 Å². The third-order valence-electron chi connectivity index (χ3n) is 2.12. The van der Waals surface area contributed by atoms with Crippen LogP contribution in [-0.2, 0) is 19.1 Å². The lowest BCUT2D eigenvalue weighted by molar-refractivity contribution is -0.158. The average Bonchev–Trinajstić information content (AvgIpc) is 2.25. The van der Waals surface area contributed by atoms with Gasteiger partial charge in [0.05, 0.1) is 6.61 Å². The fourth-order valence-electron chi connectivity index (χ4n) is 1.28. The zero-order valence-corrected chi connectivity index (χ0v) is 10.5. The van der Waals surface area contributed by atoms with Gasteiger partial charge in [0.25, 0.3) is 0 Å². The summed E-state index contributed by atoms with van der Waals surface area (Å²) in [6.45, 7) is 6.26. The van der Waals surface area contributed by atoms with Crippen LogP contribution in [0.5, 0.6) is 0 Å². The van der Waals surface area contributed by atoms with Crippen molar-refractivity contribution in [2.45, 2.75) is 59.0 Å². The molecule has 0 heterocycles. The van der Waals surface area contributed by atoms with Crippen LogP contribution in [-0.4, -0.2) is 24.6 Å². The third-order valence-corrected chi connectivity index (χ3v) is 2.12. The van der Waals surface area contributed by atoms with Crippen molar-refractivity contribution >= 4 is 11.9 Å². The van der Waals surface area contributed by atoms with E-state index in [1.54, 1.807) is 0 Å². The Morgan fingerprint density at radius 2 is 1.75 bits per heavy atom. The first-order valence-electron chi connectivity index (χ1n) is 5.99. The van der Waals surface area contributed by atoms with Gasteiger partial charge in [0.1, 0.15) is 12.5 Å². The quantitative estimate of drug-likeness (QED) is 0.475. The van der Waals surface area contributed by atoms with Crippen LogP contribution in [0.1, 0.15) is 52.9 Å². The smallest absolute Gasteiger partial charge is 0.317 e. The van der Waals surface area contributed by atoms with Gasteiger partial charge in [0.15, 0.2) is 0 Å². The summed E-state index contributed by atoms with van der Waals surface area (Å²) in [5.74, 6) is -0.986. The summed E-state index contributed by atoms with van der Waals surface area (Å²) >= 11 is 0. The van der Waals surface area contributed by atoms with Crippen molar-refractivity contribution in [2.24, 2.45) is 0 Å². The van der Waals surface area contributed by atoms with Gasteiger partial charge in [-0.25, -0.2) is 0 Å². The molecule has 0 fully saturated rings. The Balaban J connectivity index is 3.82. The molecule has 1 unspecified atom stereocenters. The predicted octanol–water partition coefficient (Wildman–Crippen LogP) is 2.45. The summed E-state index contributed by atoms with van der Waals surface area (Å²) in [6, 6.07) is 0. The number of carbonyl (C=O) groups excluding carboxylic acids is 2. The normalized spacial score (nSPS) is 11.9. The maximum Gasteiger partial charge on any atom is 0.317 e. The van der Waals surface area contributed by atoms with E-state index < -0.39 is 11.9 Å². The maximum absolute atomic E-state index is 11.3. The van der Waals surface area contributed by atoms with Crippen molar-refractivity contribution in [2.75, 3.05) is 6.61 Å². The topological polar surface area (TPSA) is 52.6 Å². The van der Waals surface area contributed by atoms with E-state index in [1.807, 2.05) is 20.8 Å². The largest absolute Gasteiger partial charge is 0.465 e. The van der Waals surface area contributed by atoms with Gasteiger partial charge in [-0.2, -0.15) is 0 Å². The Morgan fingerprint density at radius 1 is 1.06 bits per heavy atom. The molecule has 0 aromatic rings. The number of carbonyl (C=O) groups is 2. The molecule has 0 saturated heterocycles. The molecule has 0 aliphatic heterocycles. The number of rotatable bonds is 8. The zero-order valence-electron chi connectivity index (χ0n) is 10.5. The highest BCUT2D eigenvalue weighted by atomic mass is 16.6. The highest BCUT2D eigenvalue weighted by Gasteiger charge is 2.16. The molecule has 4 nitrogen and oxygen atoms in total. The fourth-order valence-corrected chi connectivity index (χ4v) is 1.28. The second kappa shape index (κ2) is 9.19. The second-order valence-corrected chi connectivity index (χ2v) is 3.71. The number of hydrogen-bond acceptors (Lipinski definition) is 4. The van der Waals surface area contributed by atoms with Gasteiger partial charge in [0.2, 0.25) is 0 Å². The fraction of sp³-hybridized carbons (Fsp3) is 0.833. The van der Waals surface area contributed by atoms with Crippen molar-refractivity contribution in [3.05, 3.63) is 0 Å². The molecule has 0 aromatic carbocycles. The molecule has 0 spiro atoms. The van der Waals surface area contributed by atoms with Crippen LogP contribution in [0.2, 0.25) is 0 Å². The minimum Gasteiger partial charge on any atom is -0.465 e. The summed E-state index contributed by atoms with van der Waals surface area (Å²) < 4.78 is 9.95. The molecular weight excluding hydrogens is 208 g/mol. The SMILES string of the molecule is CCCOC(=O)CC(=O)OC(CC)CCC. The predicted molar refractivity (Wildman–Crippen MR) is 60.9 cm³/mol. The number of esters is 2. The molecule has 0 amide bonds. The Kier molecular flexibility index (Phi) is 8.58. The van der Waals surface area contributed by atoms with Gasteiger partial charge in [0, 0.05) is 0 Å². The summed E-state index contributed by atoms with van der Waals surface area (Å²) in [5.41, 5.74) is 0. The monoisotopic (exact) mass is 230 g/mol. The molecule has 0 rings (SSSR count). The van der Waals surface area contributed by atoms with E-state index in [0.717, 1.165) is 25.7 Å². The molecule has 1 atom stereocenters. The molecule has 16 heavy (non-hydrogen) atoms. The van der Waals surface area contributed by atoms with E-state index in [-0.39, 0.29) is 12.5 Å². The Labute approximate surface area is 97.3 Å². The summed E-state index contributed by atoms with van der Waals surface area (Å²) in [6.07, 6.45) is 2.99. The molecule has 0 aliphatic rings. The van der Waals surface area contributed by atoms with Crippen LogP contribution in [0.15, 0.2) is 0 Å². The first-order chi connectivity index (χ1) is 7.63. The van der Waals surface area contributed by atoms with Crippen molar-refractivity contribution in [3.63, 3.8) is 0 Å². The highest BCUT2D eigenvalue weighted by molar-refractivity contribution is 5.91. The molecule has 0 radical (unpaired) electrons.